The van der Waals surface area contributed by atoms with Crippen LogP contribution >= 0.6 is 0 Å². The van der Waals surface area contributed by atoms with Crippen molar-refractivity contribution in [1.82, 2.24) is 16.0 Å². The monoisotopic (exact) mass is 589 g/mol. The molecule has 0 aliphatic heterocycles. The summed E-state index contributed by atoms with van der Waals surface area (Å²) in [6, 6.07) is 16.6. The Morgan fingerprint density at radius 3 is 1.93 bits per heavy atom. The van der Waals surface area contributed by atoms with Crippen LogP contribution in [0, 0.1) is 22.2 Å². The van der Waals surface area contributed by atoms with E-state index >= 15 is 0 Å². The van der Waals surface area contributed by atoms with Gasteiger partial charge in [-0.1, -0.05) is 123 Å². The van der Waals surface area contributed by atoms with Gasteiger partial charge >= 0.3 is 0 Å². The zero-order valence-electron chi connectivity index (χ0n) is 27.3. The predicted octanol–water partition coefficient (Wildman–Crippen LogP) is 5.74. The minimum absolute atomic E-state index is 0.142. The smallest absolute Gasteiger partial charge is 0.247 e. The maximum absolute atomic E-state index is 13.9. The Kier molecular flexibility index (Phi) is 12.5. The first-order chi connectivity index (χ1) is 20.0. The van der Waals surface area contributed by atoms with Gasteiger partial charge in [0.2, 0.25) is 17.7 Å². The highest BCUT2D eigenvalue weighted by Gasteiger charge is 2.37. The van der Waals surface area contributed by atoms with Crippen molar-refractivity contribution in [3.8, 4) is 0 Å². The van der Waals surface area contributed by atoms with Crippen LogP contribution in [0.25, 0.3) is 5.57 Å². The van der Waals surface area contributed by atoms with Crippen LogP contribution in [0.4, 0.5) is 0 Å². The van der Waals surface area contributed by atoms with Gasteiger partial charge in [-0.25, -0.2) is 0 Å². The summed E-state index contributed by atoms with van der Waals surface area (Å²) in [6.45, 7) is 20.2. The summed E-state index contributed by atoms with van der Waals surface area (Å²) in [4.78, 5) is 52.7. The Labute approximate surface area is 258 Å². The van der Waals surface area contributed by atoms with Crippen LogP contribution in [0.15, 0.2) is 67.2 Å². The van der Waals surface area contributed by atoms with Crippen LogP contribution in [0.2, 0.25) is 0 Å². The molecule has 7 nitrogen and oxygen atoms in total. The fourth-order valence-electron chi connectivity index (χ4n) is 5.65. The van der Waals surface area contributed by atoms with Crippen molar-refractivity contribution in [2.24, 2.45) is 22.2 Å². The molecule has 0 bridgehead atoms. The molecule has 7 heteroatoms. The SMILES string of the molecule is C=C(c1ccccc1)[C@H](NC(=O)[C@H](Cc1ccccc1)NC(=O)C(C)(C)CC(C)(C)C=O)C(=O)NCC(C)(C)CC(C)C. The van der Waals surface area contributed by atoms with Crippen molar-refractivity contribution in [3.63, 3.8) is 0 Å². The molecule has 2 aromatic carbocycles. The second-order valence-electron chi connectivity index (χ2n) is 14.2. The van der Waals surface area contributed by atoms with Gasteiger partial charge in [0, 0.05) is 23.8 Å². The first-order valence-corrected chi connectivity index (χ1v) is 15.1. The highest BCUT2D eigenvalue weighted by atomic mass is 16.2. The number of aldehydes is 1. The molecule has 0 radical (unpaired) electrons. The van der Waals surface area contributed by atoms with Crippen molar-refractivity contribution in [2.75, 3.05) is 6.54 Å². The second-order valence-corrected chi connectivity index (χ2v) is 14.2. The molecule has 0 aliphatic rings. The largest absolute Gasteiger partial charge is 0.353 e. The zero-order chi connectivity index (χ0) is 32.4. The van der Waals surface area contributed by atoms with Crippen LogP contribution in [-0.4, -0.2) is 42.6 Å². The molecular formula is C36H51N3O4. The van der Waals surface area contributed by atoms with Gasteiger partial charge in [-0.2, -0.15) is 0 Å². The lowest BCUT2D eigenvalue weighted by Crippen LogP contribution is -2.56. The van der Waals surface area contributed by atoms with Gasteiger partial charge in [0.05, 0.1) is 0 Å². The molecule has 0 aliphatic carbocycles. The van der Waals surface area contributed by atoms with E-state index in [0.717, 1.165) is 23.8 Å². The van der Waals surface area contributed by atoms with Crippen molar-refractivity contribution in [3.05, 3.63) is 78.4 Å². The minimum atomic E-state index is -1.05. The van der Waals surface area contributed by atoms with Crippen LogP contribution in [0.3, 0.4) is 0 Å². The van der Waals surface area contributed by atoms with E-state index in [9.17, 15) is 19.2 Å². The zero-order valence-corrected chi connectivity index (χ0v) is 27.3. The molecule has 0 aromatic heterocycles. The number of carbonyl (C=O) groups excluding carboxylic acids is 4. The Bertz CT molecular complexity index is 1250. The molecule has 0 spiro atoms. The summed E-state index contributed by atoms with van der Waals surface area (Å²) < 4.78 is 0. The summed E-state index contributed by atoms with van der Waals surface area (Å²) in [6.07, 6.45) is 2.29. The van der Waals surface area contributed by atoms with E-state index in [4.69, 9.17) is 0 Å². The molecule has 3 amide bonds. The van der Waals surface area contributed by atoms with E-state index in [1.165, 1.54) is 0 Å². The molecule has 2 aromatic rings. The third kappa shape index (κ3) is 11.5. The van der Waals surface area contributed by atoms with E-state index in [2.05, 4.69) is 50.2 Å². The maximum Gasteiger partial charge on any atom is 0.247 e. The molecule has 3 N–H and O–H groups in total. The number of carbonyl (C=O) groups is 4. The maximum atomic E-state index is 13.9. The average Bonchev–Trinajstić information content (AvgIpc) is 2.93. The van der Waals surface area contributed by atoms with E-state index in [1.54, 1.807) is 27.7 Å². The van der Waals surface area contributed by atoms with Gasteiger partial charge in [0.15, 0.2) is 0 Å². The standard InChI is InChI=1S/C36H51N3O4/c1-25(2)21-34(4,5)23-37-32(42)30(26(3)28-18-14-11-15-19-28)39-31(41)29(20-27-16-12-10-13-17-27)38-33(43)36(8,9)22-35(6,7)24-40/h10-19,24-25,29-30H,3,20-23H2,1-2,4-9H3,(H,37,42)(H,38,43)(H,39,41)/t29-,30-/m0/s1. The number of hydrogen-bond donors (Lipinski definition) is 3. The Morgan fingerprint density at radius 1 is 0.837 bits per heavy atom. The average molecular weight is 590 g/mol. The van der Waals surface area contributed by atoms with Gasteiger partial charge in [-0.3, -0.25) is 14.4 Å². The van der Waals surface area contributed by atoms with Crippen molar-refractivity contribution >= 4 is 29.6 Å². The van der Waals surface area contributed by atoms with Crippen molar-refractivity contribution in [2.45, 2.75) is 86.7 Å². The quantitative estimate of drug-likeness (QED) is 0.217. The summed E-state index contributed by atoms with van der Waals surface area (Å²) in [5.41, 5.74) is 0.254. The van der Waals surface area contributed by atoms with E-state index in [1.807, 2.05) is 60.7 Å². The number of amides is 3. The van der Waals surface area contributed by atoms with E-state index in [-0.39, 0.29) is 23.7 Å². The van der Waals surface area contributed by atoms with Gasteiger partial charge in [-0.05, 0) is 40.9 Å². The fourth-order valence-corrected chi connectivity index (χ4v) is 5.65. The molecule has 2 atom stereocenters. The number of rotatable bonds is 16. The number of hydrogen-bond acceptors (Lipinski definition) is 4. The molecule has 0 heterocycles. The molecule has 2 rings (SSSR count). The first-order valence-electron chi connectivity index (χ1n) is 15.1. The number of nitrogens with one attached hydrogen (secondary N) is 3. The number of benzene rings is 2. The fraction of sp³-hybridized carbons (Fsp3) is 0.500. The molecule has 0 saturated carbocycles. The second kappa shape index (κ2) is 15.1. The van der Waals surface area contributed by atoms with E-state index in [0.29, 0.717) is 24.5 Å². The lowest BCUT2D eigenvalue weighted by atomic mass is 9.75. The van der Waals surface area contributed by atoms with Crippen LogP contribution < -0.4 is 16.0 Å². The van der Waals surface area contributed by atoms with Crippen LogP contribution in [-0.2, 0) is 25.6 Å². The highest BCUT2D eigenvalue weighted by molar-refractivity contribution is 6.00. The van der Waals surface area contributed by atoms with Crippen LogP contribution in [0.1, 0.15) is 79.4 Å². The molecule has 0 unspecified atom stereocenters. The summed E-state index contributed by atoms with van der Waals surface area (Å²) >= 11 is 0. The summed E-state index contributed by atoms with van der Waals surface area (Å²) in [5, 5.41) is 8.87. The molecule has 43 heavy (non-hydrogen) atoms. The summed E-state index contributed by atoms with van der Waals surface area (Å²) in [7, 11) is 0. The Morgan fingerprint density at radius 2 is 1.40 bits per heavy atom. The van der Waals surface area contributed by atoms with Gasteiger partial charge in [0.25, 0.3) is 0 Å². The third-order valence-electron chi connectivity index (χ3n) is 7.48. The predicted molar refractivity (Wildman–Crippen MR) is 174 cm³/mol. The van der Waals surface area contributed by atoms with Gasteiger partial charge < -0.3 is 20.7 Å². The molecule has 0 saturated heterocycles. The topological polar surface area (TPSA) is 104 Å². The van der Waals surface area contributed by atoms with Crippen molar-refractivity contribution < 1.29 is 19.2 Å². The third-order valence-corrected chi connectivity index (χ3v) is 7.48. The van der Waals surface area contributed by atoms with Gasteiger partial charge in [-0.15, -0.1) is 0 Å². The normalized spacial score (nSPS) is 13.5. The lowest BCUT2D eigenvalue weighted by Gasteiger charge is -2.32. The summed E-state index contributed by atoms with van der Waals surface area (Å²) in [5.74, 6) is -0.750. The Balaban J connectivity index is 2.38. The Hall–Kier alpha value is -3.74. The highest BCUT2D eigenvalue weighted by Crippen LogP contribution is 2.32. The molecule has 0 fully saturated rings. The first kappa shape index (κ1) is 35.5. The molecular weight excluding hydrogens is 538 g/mol. The van der Waals surface area contributed by atoms with Crippen LogP contribution in [0.5, 0.6) is 0 Å². The lowest BCUT2D eigenvalue weighted by molar-refractivity contribution is -0.136. The minimum Gasteiger partial charge on any atom is -0.353 e. The van der Waals surface area contributed by atoms with Crippen molar-refractivity contribution in [1.29, 1.82) is 0 Å². The van der Waals surface area contributed by atoms with Gasteiger partial charge in [0.1, 0.15) is 18.4 Å². The molecule has 234 valence electrons. The van der Waals surface area contributed by atoms with E-state index < -0.39 is 28.8 Å².